The molecule has 3 rings (SSSR count). The van der Waals surface area contributed by atoms with E-state index >= 15 is 0 Å². The second-order valence-corrected chi connectivity index (χ2v) is 6.46. The molecule has 1 aliphatic rings. The van der Waals surface area contributed by atoms with E-state index in [1.807, 2.05) is 6.07 Å². The van der Waals surface area contributed by atoms with E-state index in [0.717, 1.165) is 26.1 Å². The minimum absolute atomic E-state index is 0.00945. The Kier molecular flexibility index (Phi) is 5.72. The Morgan fingerprint density at radius 2 is 2.04 bits per heavy atom. The van der Waals surface area contributed by atoms with Gasteiger partial charge in [-0.25, -0.2) is 0 Å². The van der Waals surface area contributed by atoms with Gasteiger partial charge in [0.1, 0.15) is 5.75 Å². The molecule has 1 unspecified atom stereocenters. The number of carbonyl (C=O) groups is 1. The molecule has 4 nitrogen and oxygen atoms in total. The van der Waals surface area contributed by atoms with Crippen LogP contribution in [0.15, 0.2) is 54.6 Å². The summed E-state index contributed by atoms with van der Waals surface area (Å²) in [5, 5.41) is 3.64. The number of halogens is 1. The summed E-state index contributed by atoms with van der Waals surface area (Å²) in [5.41, 5.74) is 1.30. The highest BCUT2D eigenvalue weighted by Gasteiger charge is 2.23. The number of carbonyl (C=O) groups excluding carboxylic acids is 1. The van der Waals surface area contributed by atoms with E-state index in [-0.39, 0.29) is 18.6 Å². The molecule has 1 amide bonds. The highest BCUT2D eigenvalue weighted by molar-refractivity contribution is 6.30. The van der Waals surface area contributed by atoms with Gasteiger partial charge in [0.15, 0.2) is 6.61 Å². The van der Waals surface area contributed by atoms with E-state index < -0.39 is 0 Å². The van der Waals surface area contributed by atoms with E-state index in [4.69, 9.17) is 16.3 Å². The summed E-state index contributed by atoms with van der Waals surface area (Å²) in [7, 11) is 0. The lowest BCUT2D eigenvalue weighted by Gasteiger charge is -2.17. The lowest BCUT2D eigenvalue weighted by atomic mass is 10.2. The summed E-state index contributed by atoms with van der Waals surface area (Å²) < 4.78 is 5.47. The van der Waals surface area contributed by atoms with Gasteiger partial charge in [0.05, 0.1) is 0 Å². The zero-order valence-electron chi connectivity index (χ0n) is 13.5. The molecule has 5 heteroatoms. The molecular formula is C19H21ClN2O2. The predicted octanol–water partition coefficient (Wildman–Crippen LogP) is 3.11. The van der Waals surface area contributed by atoms with Crippen molar-refractivity contribution in [2.75, 3.05) is 19.7 Å². The molecule has 0 radical (unpaired) electrons. The SMILES string of the molecule is O=C(COc1cccc(Cl)c1)NC1CCN(Cc2ccccc2)C1. The van der Waals surface area contributed by atoms with E-state index in [1.54, 1.807) is 24.3 Å². The first-order chi connectivity index (χ1) is 11.7. The first-order valence-electron chi connectivity index (χ1n) is 8.13. The Morgan fingerprint density at radius 3 is 2.83 bits per heavy atom. The van der Waals surface area contributed by atoms with E-state index in [2.05, 4.69) is 34.5 Å². The van der Waals surface area contributed by atoms with Crippen LogP contribution in [0.4, 0.5) is 0 Å². The average molecular weight is 345 g/mol. The van der Waals surface area contributed by atoms with Crippen LogP contribution in [-0.4, -0.2) is 36.5 Å². The highest BCUT2D eigenvalue weighted by Crippen LogP contribution is 2.17. The summed E-state index contributed by atoms with van der Waals surface area (Å²) in [6.45, 7) is 2.80. The molecule has 1 aliphatic heterocycles. The molecule has 126 valence electrons. The lowest BCUT2D eigenvalue weighted by molar-refractivity contribution is -0.123. The standard InChI is InChI=1S/C19H21ClN2O2/c20-16-7-4-8-18(11-16)24-14-19(23)21-17-9-10-22(13-17)12-15-5-2-1-3-6-15/h1-8,11,17H,9-10,12-14H2,(H,21,23). The number of amides is 1. The van der Waals surface area contributed by atoms with Crippen LogP contribution in [0.2, 0.25) is 5.02 Å². The maximum absolute atomic E-state index is 12.0. The highest BCUT2D eigenvalue weighted by atomic mass is 35.5. The maximum atomic E-state index is 12.0. The zero-order valence-corrected chi connectivity index (χ0v) is 14.2. The van der Waals surface area contributed by atoms with Gasteiger partial charge in [0.2, 0.25) is 0 Å². The van der Waals surface area contributed by atoms with Crippen molar-refractivity contribution in [2.24, 2.45) is 0 Å². The number of rotatable bonds is 6. The third kappa shape index (κ3) is 4.98. The molecule has 1 fully saturated rings. The molecule has 1 N–H and O–H groups in total. The normalized spacial score (nSPS) is 17.6. The van der Waals surface area contributed by atoms with E-state index in [1.165, 1.54) is 5.56 Å². The lowest BCUT2D eigenvalue weighted by Crippen LogP contribution is -2.39. The second-order valence-electron chi connectivity index (χ2n) is 6.02. The molecule has 0 saturated carbocycles. The third-order valence-corrected chi connectivity index (χ3v) is 4.29. The fraction of sp³-hybridized carbons (Fsp3) is 0.316. The second kappa shape index (κ2) is 8.18. The van der Waals surface area contributed by atoms with Crippen molar-refractivity contribution < 1.29 is 9.53 Å². The molecule has 0 aliphatic carbocycles. The number of likely N-dealkylation sites (tertiary alicyclic amines) is 1. The Labute approximate surface area is 147 Å². The molecule has 1 heterocycles. The van der Waals surface area contributed by atoms with Crippen LogP contribution < -0.4 is 10.1 Å². The molecule has 2 aromatic rings. The van der Waals surface area contributed by atoms with Crippen LogP contribution in [0, 0.1) is 0 Å². The zero-order chi connectivity index (χ0) is 16.8. The first-order valence-corrected chi connectivity index (χ1v) is 8.51. The molecule has 0 spiro atoms. The summed E-state index contributed by atoms with van der Waals surface area (Å²) in [5.74, 6) is 0.510. The Morgan fingerprint density at radius 1 is 1.21 bits per heavy atom. The van der Waals surface area contributed by atoms with Gasteiger partial charge in [0, 0.05) is 30.7 Å². The van der Waals surface area contributed by atoms with E-state index in [9.17, 15) is 4.79 Å². The minimum Gasteiger partial charge on any atom is -0.484 e. The number of ether oxygens (including phenoxy) is 1. The Bertz CT molecular complexity index is 678. The van der Waals surface area contributed by atoms with Crippen molar-refractivity contribution in [1.29, 1.82) is 0 Å². The van der Waals surface area contributed by atoms with Gasteiger partial charge in [-0.15, -0.1) is 0 Å². The minimum atomic E-state index is -0.0958. The van der Waals surface area contributed by atoms with Crippen molar-refractivity contribution in [3.63, 3.8) is 0 Å². The quantitative estimate of drug-likeness (QED) is 0.875. The summed E-state index contributed by atoms with van der Waals surface area (Å²) >= 11 is 5.89. The largest absolute Gasteiger partial charge is 0.484 e. The Hall–Kier alpha value is -2.04. The van der Waals surface area contributed by atoms with Crippen molar-refractivity contribution in [1.82, 2.24) is 10.2 Å². The number of benzene rings is 2. The van der Waals surface area contributed by atoms with Gasteiger partial charge in [-0.2, -0.15) is 0 Å². The van der Waals surface area contributed by atoms with Crippen LogP contribution in [0.1, 0.15) is 12.0 Å². The first kappa shape index (κ1) is 16.8. The smallest absolute Gasteiger partial charge is 0.258 e. The predicted molar refractivity (Wildman–Crippen MR) is 95.2 cm³/mol. The average Bonchev–Trinajstić information content (AvgIpc) is 3.01. The summed E-state index contributed by atoms with van der Waals surface area (Å²) in [6.07, 6.45) is 0.968. The van der Waals surface area contributed by atoms with Crippen molar-refractivity contribution in [3.8, 4) is 5.75 Å². The fourth-order valence-corrected chi connectivity index (χ4v) is 3.09. The number of hydrogen-bond acceptors (Lipinski definition) is 3. The fourth-order valence-electron chi connectivity index (χ4n) is 2.91. The van der Waals surface area contributed by atoms with Crippen LogP contribution >= 0.6 is 11.6 Å². The monoisotopic (exact) mass is 344 g/mol. The molecule has 1 saturated heterocycles. The van der Waals surface area contributed by atoms with E-state index in [0.29, 0.717) is 10.8 Å². The molecule has 24 heavy (non-hydrogen) atoms. The molecule has 2 aromatic carbocycles. The van der Waals surface area contributed by atoms with Gasteiger partial charge in [0.25, 0.3) is 5.91 Å². The Balaban J connectivity index is 1.41. The van der Waals surface area contributed by atoms with Gasteiger partial charge in [-0.1, -0.05) is 48.0 Å². The molecule has 0 aromatic heterocycles. The molecular weight excluding hydrogens is 324 g/mol. The molecule has 0 bridgehead atoms. The summed E-state index contributed by atoms with van der Waals surface area (Å²) in [4.78, 5) is 14.4. The van der Waals surface area contributed by atoms with Crippen LogP contribution in [0.3, 0.4) is 0 Å². The van der Waals surface area contributed by atoms with Gasteiger partial charge >= 0.3 is 0 Å². The topological polar surface area (TPSA) is 41.6 Å². The van der Waals surface area contributed by atoms with Gasteiger partial charge in [-0.05, 0) is 30.2 Å². The van der Waals surface area contributed by atoms with Crippen molar-refractivity contribution in [2.45, 2.75) is 19.0 Å². The van der Waals surface area contributed by atoms with Gasteiger partial charge in [-0.3, -0.25) is 9.69 Å². The molecule has 1 atom stereocenters. The van der Waals surface area contributed by atoms with Crippen LogP contribution in [0.5, 0.6) is 5.75 Å². The third-order valence-electron chi connectivity index (χ3n) is 4.05. The van der Waals surface area contributed by atoms with Crippen molar-refractivity contribution in [3.05, 3.63) is 65.2 Å². The maximum Gasteiger partial charge on any atom is 0.258 e. The van der Waals surface area contributed by atoms with Crippen LogP contribution in [0.25, 0.3) is 0 Å². The number of hydrogen-bond donors (Lipinski definition) is 1. The number of nitrogens with one attached hydrogen (secondary N) is 1. The number of nitrogens with zero attached hydrogens (tertiary/aromatic N) is 1. The summed E-state index contributed by atoms with van der Waals surface area (Å²) in [6, 6.07) is 17.6. The van der Waals surface area contributed by atoms with Crippen molar-refractivity contribution >= 4 is 17.5 Å². The van der Waals surface area contributed by atoms with Gasteiger partial charge < -0.3 is 10.1 Å². The van der Waals surface area contributed by atoms with Crippen LogP contribution in [-0.2, 0) is 11.3 Å².